The molecule has 51 heavy (non-hydrogen) atoms. The maximum absolute atomic E-state index is 12.2. The SMILES string of the molecule is CCOC(=O)C1=C(C)/C(=C/c2[n-]c(Cl)c(C)c2C(=O)OCC)N=C1C.CCOC(=O)C1=C(C)/C(=C/c2[n-]c(Cl)c(C)c2C(=O)OCC)N=C1C.[Ni+2]. The van der Waals surface area contributed by atoms with Crippen molar-refractivity contribution in [2.75, 3.05) is 26.4 Å². The minimum Gasteiger partial charge on any atom is -0.647 e. The van der Waals surface area contributed by atoms with Gasteiger partial charge in [0.05, 0.1) is 60.4 Å². The van der Waals surface area contributed by atoms with Crippen LogP contribution in [0.1, 0.15) is 98.6 Å². The molecule has 0 aliphatic carbocycles. The van der Waals surface area contributed by atoms with Crippen molar-refractivity contribution in [2.45, 2.75) is 69.2 Å². The van der Waals surface area contributed by atoms with Gasteiger partial charge in [-0.3, -0.25) is 9.98 Å². The summed E-state index contributed by atoms with van der Waals surface area (Å²) < 4.78 is 20.3. The molecule has 4 rings (SSSR count). The van der Waals surface area contributed by atoms with Crippen LogP contribution in [0.2, 0.25) is 10.3 Å². The Morgan fingerprint density at radius 1 is 0.569 bits per heavy atom. The number of halogens is 2. The van der Waals surface area contributed by atoms with Crippen molar-refractivity contribution in [3.63, 3.8) is 0 Å². The third-order valence-electron chi connectivity index (χ3n) is 7.60. The van der Waals surface area contributed by atoms with Crippen molar-refractivity contribution in [3.8, 4) is 0 Å². The van der Waals surface area contributed by atoms with Crippen LogP contribution in [0.3, 0.4) is 0 Å². The van der Waals surface area contributed by atoms with E-state index in [1.54, 1.807) is 81.4 Å². The largest absolute Gasteiger partial charge is 2.00 e. The van der Waals surface area contributed by atoms with Crippen molar-refractivity contribution < 1.29 is 54.6 Å². The fourth-order valence-electron chi connectivity index (χ4n) is 5.20. The van der Waals surface area contributed by atoms with E-state index in [-0.39, 0.29) is 53.2 Å². The molecule has 0 atom stereocenters. The molecule has 0 unspecified atom stereocenters. The van der Waals surface area contributed by atoms with Gasteiger partial charge in [0.15, 0.2) is 0 Å². The number of hydrogen-bond donors (Lipinski definition) is 0. The zero-order chi connectivity index (χ0) is 37.4. The van der Waals surface area contributed by atoms with E-state index in [9.17, 15) is 19.2 Å². The fraction of sp³-hybridized carbons (Fsp3) is 0.389. The van der Waals surface area contributed by atoms with Crippen LogP contribution in [0.15, 0.2) is 43.7 Å². The third-order valence-corrected chi connectivity index (χ3v) is 8.34. The summed E-state index contributed by atoms with van der Waals surface area (Å²) in [4.78, 5) is 65.8. The second-order valence-electron chi connectivity index (χ2n) is 10.9. The number of carbonyl (C=O) groups is 4. The second kappa shape index (κ2) is 18.9. The Kier molecular flexibility index (Phi) is 15.9. The van der Waals surface area contributed by atoms with Crippen molar-refractivity contribution in [1.29, 1.82) is 0 Å². The standard InChI is InChI=1S/2C18H21ClN2O4.Ni/c2*1-6-24-17(22)14-9(3)12(20-11(14)5)8-13-15(18(23)25-7-2)10(4)16(19)21-13;/h2*8H,6-7H2,1-5H3,(H,20,21,22,23);/q;;+2/p-2. The van der Waals surface area contributed by atoms with Crippen LogP contribution >= 0.6 is 23.2 Å². The number of aliphatic imine (C=N–C) groups is 2. The summed E-state index contributed by atoms with van der Waals surface area (Å²) >= 11 is 12.2. The van der Waals surface area contributed by atoms with Crippen LogP contribution in [-0.4, -0.2) is 61.7 Å². The molecular weight excluding hydrogens is 746 g/mol. The van der Waals surface area contributed by atoms with E-state index in [0.717, 1.165) is 0 Å². The Balaban J connectivity index is 0.000000347. The summed E-state index contributed by atoms with van der Waals surface area (Å²) in [5.41, 5.74) is 6.88. The Hall–Kier alpha value is -4.19. The van der Waals surface area contributed by atoms with Gasteiger partial charge in [-0.15, -0.1) is 34.6 Å². The molecule has 0 saturated heterocycles. The van der Waals surface area contributed by atoms with E-state index in [4.69, 9.17) is 42.1 Å². The number of nitrogens with zero attached hydrogens (tertiary/aromatic N) is 4. The van der Waals surface area contributed by atoms with E-state index >= 15 is 0 Å². The number of allylic oxidation sites excluding steroid dienone is 2. The van der Waals surface area contributed by atoms with Gasteiger partial charge < -0.3 is 28.9 Å². The molecule has 0 saturated carbocycles. The van der Waals surface area contributed by atoms with Gasteiger partial charge in [-0.05, 0) is 104 Å². The first kappa shape index (κ1) is 43.0. The number of ether oxygens (including phenoxy) is 4. The van der Waals surface area contributed by atoms with Crippen molar-refractivity contribution in [2.24, 2.45) is 9.98 Å². The molecule has 0 bridgehead atoms. The quantitative estimate of drug-likeness (QED) is 0.140. The summed E-state index contributed by atoms with van der Waals surface area (Å²) in [5.74, 6) is -1.81. The first-order chi connectivity index (χ1) is 23.6. The summed E-state index contributed by atoms with van der Waals surface area (Å²) in [7, 11) is 0. The molecular formula is C36H40Cl2N4NiO8. The average molecular weight is 786 g/mol. The van der Waals surface area contributed by atoms with Crippen molar-refractivity contribution >= 4 is 70.7 Å². The molecule has 4 heterocycles. The third kappa shape index (κ3) is 9.58. The minimum absolute atomic E-state index is 0. The van der Waals surface area contributed by atoms with Gasteiger partial charge in [0.25, 0.3) is 0 Å². The summed E-state index contributed by atoms with van der Waals surface area (Å²) in [5, 5.41) is 0.474. The minimum atomic E-state index is -0.489. The topological polar surface area (TPSA) is 158 Å². The molecule has 2 aliphatic rings. The molecule has 276 valence electrons. The number of aromatic nitrogens is 2. The maximum Gasteiger partial charge on any atom is 2.00 e. The summed E-state index contributed by atoms with van der Waals surface area (Å²) in [6, 6.07) is 0. The van der Waals surface area contributed by atoms with Crippen LogP contribution in [0.5, 0.6) is 0 Å². The maximum atomic E-state index is 12.2. The van der Waals surface area contributed by atoms with Gasteiger partial charge in [0.2, 0.25) is 0 Å². The molecule has 0 N–H and O–H groups in total. The molecule has 2 aromatic rings. The van der Waals surface area contributed by atoms with Crippen molar-refractivity contribution in [3.05, 3.63) is 77.6 Å². The predicted molar refractivity (Wildman–Crippen MR) is 192 cm³/mol. The predicted octanol–water partition coefficient (Wildman–Crippen LogP) is 6.95. The fourth-order valence-corrected chi connectivity index (χ4v) is 5.57. The molecule has 0 aromatic carbocycles. The van der Waals surface area contributed by atoms with Gasteiger partial charge in [0, 0.05) is 11.1 Å². The molecule has 0 radical (unpaired) electrons. The van der Waals surface area contributed by atoms with Crippen LogP contribution < -0.4 is 9.97 Å². The molecule has 12 nitrogen and oxygen atoms in total. The van der Waals surface area contributed by atoms with Gasteiger partial charge >= 0.3 is 40.4 Å². The number of rotatable bonds is 10. The number of carbonyl (C=O) groups excluding carboxylic acids is 4. The van der Waals surface area contributed by atoms with Crippen LogP contribution in [0.25, 0.3) is 12.2 Å². The van der Waals surface area contributed by atoms with Crippen molar-refractivity contribution in [1.82, 2.24) is 9.97 Å². The first-order valence-corrected chi connectivity index (χ1v) is 16.7. The van der Waals surface area contributed by atoms with Crippen LogP contribution in [0.4, 0.5) is 0 Å². The summed E-state index contributed by atoms with van der Waals surface area (Å²) in [6.07, 6.45) is 3.27. The van der Waals surface area contributed by atoms with Crippen LogP contribution in [0, 0.1) is 13.8 Å². The number of hydrogen-bond acceptors (Lipinski definition) is 10. The van der Waals surface area contributed by atoms with Gasteiger partial charge in [-0.1, -0.05) is 10.3 Å². The Labute approximate surface area is 317 Å². The van der Waals surface area contributed by atoms with Gasteiger partial charge in [0.1, 0.15) is 0 Å². The van der Waals surface area contributed by atoms with E-state index in [1.807, 2.05) is 0 Å². The van der Waals surface area contributed by atoms with Crippen LogP contribution in [-0.2, 0) is 45.0 Å². The second-order valence-corrected chi connectivity index (χ2v) is 11.6. The smallest absolute Gasteiger partial charge is 0.647 e. The molecule has 2 aromatic heterocycles. The van der Waals surface area contributed by atoms with Gasteiger partial charge in [-0.25, -0.2) is 19.2 Å². The van der Waals surface area contributed by atoms with Gasteiger partial charge in [-0.2, -0.15) is 0 Å². The zero-order valence-electron chi connectivity index (χ0n) is 30.1. The Morgan fingerprint density at radius 2 is 0.863 bits per heavy atom. The molecule has 15 heteroatoms. The normalized spacial score (nSPS) is 15.3. The molecule has 2 aliphatic heterocycles. The Morgan fingerprint density at radius 3 is 1.16 bits per heavy atom. The van der Waals surface area contributed by atoms with E-state index < -0.39 is 23.9 Å². The molecule has 0 fully saturated rings. The summed E-state index contributed by atoms with van der Waals surface area (Å²) in [6.45, 7) is 18.5. The zero-order valence-corrected chi connectivity index (χ0v) is 32.6. The molecule has 0 spiro atoms. The molecule has 0 amide bonds. The monoisotopic (exact) mass is 784 g/mol. The van der Waals surface area contributed by atoms with E-state index in [2.05, 4.69) is 20.0 Å². The number of esters is 4. The first-order valence-electron chi connectivity index (χ1n) is 15.9. The average Bonchev–Trinajstić information content (AvgIpc) is 3.69. The van der Waals surface area contributed by atoms with E-state index in [0.29, 0.717) is 78.8 Å². The Bertz CT molecular complexity index is 1770. The van der Waals surface area contributed by atoms with E-state index in [1.165, 1.54) is 0 Å².